The lowest BCUT2D eigenvalue weighted by molar-refractivity contribution is -0.122. The molecule has 2 fully saturated rings. The number of urea groups is 1. The Morgan fingerprint density at radius 2 is 1.67 bits per heavy atom. The minimum Gasteiger partial charge on any atom is -0.378 e. The number of barbiturate groups is 1. The van der Waals surface area contributed by atoms with Crippen LogP contribution in [0.3, 0.4) is 0 Å². The van der Waals surface area contributed by atoms with Gasteiger partial charge < -0.3 is 9.64 Å². The molecule has 0 unspecified atom stereocenters. The monoisotopic (exact) mass is 405 g/mol. The standard InChI is InChI=1S/C23H23N3O4/c1-15-5-3-4-6-20(15)26-22(28)18(21(27)24-23(26)29)14-17-7-8-19(16(2)13-17)25-9-11-30-12-10-25/h3-8,13-14H,9-12H2,1-2H3,(H,24,27,29)/b18-14+. The topological polar surface area (TPSA) is 79.0 Å². The Hall–Kier alpha value is -3.45. The van der Waals surface area contributed by atoms with E-state index in [0.717, 1.165) is 40.4 Å². The summed E-state index contributed by atoms with van der Waals surface area (Å²) in [7, 11) is 0. The summed E-state index contributed by atoms with van der Waals surface area (Å²) in [6.07, 6.45) is 1.53. The number of imide groups is 2. The van der Waals surface area contributed by atoms with Crippen LogP contribution in [0.1, 0.15) is 16.7 Å². The fourth-order valence-corrected chi connectivity index (χ4v) is 3.78. The number of rotatable bonds is 3. The van der Waals surface area contributed by atoms with Crippen LogP contribution in [0.5, 0.6) is 0 Å². The molecule has 2 heterocycles. The molecule has 154 valence electrons. The van der Waals surface area contributed by atoms with Crippen molar-refractivity contribution in [2.24, 2.45) is 0 Å². The quantitative estimate of drug-likeness (QED) is 0.628. The molecule has 0 aromatic heterocycles. The predicted molar refractivity (Wildman–Crippen MR) is 114 cm³/mol. The first-order chi connectivity index (χ1) is 14.5. The Balaban J connectivity index is 1.66. The number of carbonyl (C=O) groups is 3. The number of amides is 4. The molecule has 4 rings (SSSR count). The molecule has 0 spiro atoms. The lowest BCUT2D eigenvalue weighted by atomic mass is 10.0. The van der Waals surface area contributed by atoms with Gasteiger partial charge in [0.15, 0.2) is 0 Å². The number of nitrogens with zero attached hydrogens (tertiary/aromatic N) is 2. The number of hydrogen-bond acceptors (Lipinski definition) is 5. The molecule has 2 aliphatic heterocycles. The van der Waals surface area contributed by atoms with Gasteiger partial charge in [-0.25, -0.2) is 9.69 Å². The summed E-state index contributed by atoms with van der Waals surface area (Å²) in [5.41, 5.74) is 4.02. The smallest absolute Gasteiger partial charge is 0.335 e. The van der Waals surface area contributed by atoms with Crippen molar-refractivity contribution in [3.63, 3.8) is 0 Å². The summed E-state index contributed by atoms with van der Waals surface area (Å²) < 4.78 is 5.41. The third kappa shape index (κ3) is 3.71. The van der Waals surface area contributed by atoms with Gasteiger partial charge in [-0.1, -0.05) is 24.3 Å². The van der Waals surface area contributed by atoms with Crippen LogP contribution in [0.15, 0.2) is 48.0 Å². The molecule has 7 heteroatoms. The fraction of sp³-hybridized carbons (Fsp3) is 0.261. The van der Waals surface area contributed by atoms with Crippen molar-refractivity contribution in [2.45, 2.75) is 13.8 Å². The predicted octanol–water partition coefficient (Wildman–Crippen LogP) is 2.81. The van der Waals surface area contributed by atoms with Gasteiger partial charge in [-0.15, -0.1) is 0 Å². The van der Waals surface area contributed by atoms with Crippen molar-refractivity contribution >= 4 is 35.3 Å². The molecule has 0 saturated carbocycles. The second kappa shape index (κ2) is 8.12. The molecule has 1 N–H and O–H groups in total. The summed E-state index contributed by atoms with van der Waals surface area (Å²) in [5.74, 6) is -1.32. The minimum absolute atomic E-state index is 0.0728. The van der Waals surface area contributed by atoms with Crippen LogP contribution in [-0.2, 0) is 14.3 Å². The van der Waals surface area contributed by atoms with Gasteiger partial charge in [-0.05, 0) is 54.8 Å². The van der Waals surface area contributed by atoms with Crippen LogP contribution in [0.2, 0.25) is 0 Å². The average molecular weight is 405 g/mol. The molecular weight excluding hydrogens is 382 g/mol. The van der Waals surface area contributed by atoms with Gasteiger partial charge in [0.2, 0.25) is 0 Å². The summed E-state index contributed by atoms with van der Waals surface area (Å²) in [5, 5.41) is 2.27. The zero-order valence-corrected chi connectivity index (χ0v) is 17.0. The Morgan fingerprint density at radius 1 is 0.933 bits per heavy atom. The highest BCUT2D eigenvalue weighted by atomic mass is 16.5. The van der Waals surface area contributed by atoms with Crippen LogP contribution < -0.4 is 15.1 Å². The molecule has 2 aromatic rings. The first-order valence-corrected chi connectivity index (χ1v) is 9.86. The van der Waals surface area contributed by atoms with Crippen LogP contribution in [0, 0.1) is 13.8 Å². The zero-order chi connectivity index (χ0) is 21.3. The van der Waals surface area contributed by atoms with Crippen molar-refractivity contribution in [1.82, 2.24) is 5.32 Å². The third-order valence-corrected chi connectivity index (χ3v) is 5.34. The Bertz CT molecular complexity index is 1050. The van der Waals surface area contributed by atoms with E-state index in [1.807, 2.05) is 44.2 Å². The molecular formula is C23H23N3O4. The van der Waals surface area contributed by atoms with Crippen molar-refractivity contribution in [1.29, 1.82) is 0 Å². The van der Waals surface area contributed by atoms with E-state index in [-0.39, 0.29) is 5.57 Å². The van der Waals surface area contributed by atoms with Gasteiger partial charge >= 0.3 is 6.03 Å². The Kier molecular flexibility index (Phi) is 5.37. The second-order valence-electron chi connectivity index (χ2n) is 7.39. The molecule has 0 aliphatic carbocycles. The highest BCUT2D eigenvalue weighted by Gasteiger charge is 2.37. The maximum absolute atomic E-state index is 13.1. The van der Waals surface area contributed by atoms with Gasteiger partial charge in [0.25, 0.3) is 11.8 Å². The van der Waals surface area contributed by atoms with Crippen LogP contribution >= 0.6 is 0 Å². The number of morpholine rings is 1. The highest BCUT2D eigenvalue weighted by molar-refractivity contribution is 6.39. The maximum Gasteiger partial charge on any atom is 0.335 e. The van der Waals surface area contributed by atoms with E-state index in [1.165, 1.54) is 6.08 Å². The number of aryl methyl sites for hydroxylation is 2. The summed E-state index contributed by atoms with van der Waals surface area (Å²) >= 11 is 0. The van der Waals surface area contributed by atoms with E-state index in [0.29, 0.717) is 18.9 Å². The van der Waals surface area contributed by atoms with Crippen LogP contribution in [-0.4, -0.2) is 44.1 Å². The van der Waals surface area contributed by atoms with Crippen LogP contribution in [0.4, 0.5) is 16.2 Å². The molecule has 0 bridgehead atoms. The molecule has 30 heavy (non-hydrogen) atoms. The van der Waals surface area contributed by atoms with E-state index in [2.05, 4.69) is 10.2 Å². The summed E-state index contributed by atoms with van der Waals surface area (Å²) in [4.78, 5) is 41.1. The van der Waals surface area contributed by atoms with Crippen LogP contribution in [0.25, 0.3) is 6.08 Å². The molecule has 2 aromatic carbocycles. The molecule has 2 saturated heterocycles. The van der Waals surface area contributed by atoms with Gasteiger partial charge in [0.1, 0.15) is 5.57 Å². The molecule has 7 nitrogen and oxygen atoms in total. The van der Waals surface area contributed by atoms with Gasteiger partial charge in [0, 0.05) is 18.8 Å². The number of anilines is 2. The SMILES string of the molecule is Cc1cc(/C=C2\C(=O)NC(=O)N(c3ccccc3C)C2=O)ccc1N1CCOCC1. The van der Waals surface area contributed by atoms with E-state index in [4.69, 9.17) is 4.74 Å². The average Bonchev–Trinajstić information content (AvgIpc) is 2.73. The summed E-state index contributed by atoms with van der Waals surface area (Å²) in [6, 6.07) is 12.1. The third-order valence-electron chi connectivity index (χ3n) is 5.34. The number of para-hydroxylation sites is 1. The molecule has 0 atom stereocenters. The molecule has 0 radical (unpaired) electrons. The zero-order valence-electron chi connectivity index (χ0n) is 17.0. The van der Waals surface area contributed by atoms with Crippen molar-refractivity contribution in [3.05, 3.63) is 64.7 Å². The van der Waals surface area contributed by atoms with Gasteiger partial charge in [-0.2, -0.15) is 0 Å². The number of hydrogen-bond donors (Lipinski definition) is 1. The number of nitrogens with one attached hydrogen (secondary N) is 1. The maximum atomic E-state index is 13.1. The van der Waals surface area contributed by atoms with Gasteiger partial charge in [0.05, 0.1) is 18.9 Å². The fourth-order valence-electron chi connectivity index (χ4n) is 3.78. The lowest BCUT2D eigenvalue weighted by Gasteiger charge is -2.30. The minimum atomic E-state index is -0.740. The highest BCUT2D eigenvalue weighted by Crippen LogP contribution is 2.27. The molecule has 2 aliphatic rings. The van der Waals surface area contributed by atoms with E-state index in [9.17, 15) is 14.4 Å². The second-order valence-corrected chi connectivity index (χ2v) is 7.39. The largest absolute Gasteiger partial charge is 0.378 e. The number of benzene rings is 2. The summed E-state index contributed by atoms with van der Waals surface area (Å²) in [6.45, 7) is 6.86. The lowest BCUT2D eigenvalue weighted by Crippen LogP contribution is -2.54. The number of carbonyl (C=O) groups excluding carboxylic acids is 3. The van der Waals surface area contributed by atoms with Crippen molar-refractivity contribution in [2.75, 3.05) is 36.1 Å². The van der Waals surface area contributed by atoms with Crippen molar-refractivity contribution < 1.29 is 19.1 Å². The first kappa shape index (κ1) is 19.8. The first-order valence-electron chi connectivity index (χ1n) is 9.86. The normalized spacial score (nSPS) is 18.7. The van der Waals surface area contributed by atoms with E-state index < -0.39 is 17.8 Å². The van der Waals surface area contributed by atoms with E-state index in [1.54, 1.807) is 12.1 Å². The molecule has 4 amide bonds. The van der Waals surface area contributed by atoms with Gasteiger partial charge in [-0.3, -0.25) is 14.9 Å². The number of ether oxygens (including phenoxy) is 1. The van der Waals surface area contributed by atoms with E-state index >= 15 is 0 Å². The Labute approximate surface area is 174 Å². The van der Waals surface area contributed by atoms with Crippen molar-refractivity contribution in [3.8, 4) is 0 Å². The Morgan fingerprint density at radius 3 is 2.37 bits per heavy atom.